The van der Waals surface area contributed by atoms with Crippen LogP contribution in [0.15, 0.2) is 0 Å². The van der Waals surface area contributed by atoms with Crippen molar-refractivity contribution in [3.63, 3.8) is 0 Å². The first-order valence-corrected chi connectivity index (χ1v) is 8.22. The summed E-state index contributed by atoms with van der Waals surface area (Å²) in [5.74, 6) is -1.70. The van der Waals surface area contributed by atoms with Gasteiger partial charge in [0.2, 0.25) is 0 Å². The van der Waals surface area contributed by atoms with Crippen molar-refractivity contribution in [3.8, 4) is 0 Å². The molecule has 0 rings (SSSR count). The van der Waals surface area contributed by atoms with E-state index >= 15 is 0 Å². The van der Waals surface area contributed by atoms with E-state index in [0.29, 0.717) is 6.61 Å². The van der Waals surface area contributed by atoms with Gasteiger partial charge in [0, 0.05) is 0 Å². The maximum atomic E-state index is 11.3. The number of nitrogens with two attached hydrogens (primary N) is 1. The van der Waals surface area contributed by atoms with Gasteiger partial charge in [-0.05, 0) is 6.42 Å². The average molecular weight is 338 g/mol. The Bertz CT molecular complexity index is 287. The van der Waals surface area contributed by atoms with Crippen LogP contribution in [0.3, 0.4) is 0 Å². The van der Waals surface area contributed by atoms with Gasteiger partial charge >= 0.3 is 11.9 Å². The van der Waals surface area contributed by atoms with Gasteiger partial charge in [-0.3, -0.25) is 9.59 Å². The van der Waals surface area contributed by atoms with E-state index in [1.165, 1.54) is 44.9 Å². The van der Waals surface area contributed by atoms with Crippen molar-refractivity contribution in [2.24, 2.45) is 5.73 Å². The molecule has 22 heavy (non-hydrogen) atoms. The van der Waals surface area contributed by atoms with Crippen LogP contribution in [0.1, 0.15) is 77.6 Å². The maximum absolute atomic E-state index is 11.3. The number of rotatable bonds is 14. The molecular formula is C16H32ClNO4. The van der Waals surface area contributed by atoms with E-state index in [4.69, 9.17) is 15.6 Å². The SMILES string of the molecule is CCCCCCCCCCCCOC(=O)[C@@H](N)CC(=O)O.Cl. The number of aliphatic carboxylic acids is 1. The Kier molecular flexibility index (Phi) is 17.7. The molecule has 0 aromatic carbocycles. The van der Waals surface area contributed by atoms with Crippen molar-refractivity contribution in [3.05, 3.63) is 0 Å². The first-order chi connectivity index (χ1) is 10.1. The Labute approximate surface area is 140 Å². The van der Waals surface area contributed by atoms with E-state index in [2.05, 4.69) is 6.92 Å². The summed E-state index contributed by atoms with van der Waals surface area (Å²) >= 11 is 0. The van der Waals surface area contributed by atoms with Gasteiger partial charge in [0.25, 0.3) is 0 Å². The second kappa shape index (κ2) is 16.6. The summed E-state index contributed by atoms with van der Waals surface area (Å²) in [5.41, 5.74) is 5.39. The number of unbranched alkanes of at least 4 members (excludes halogenated alkanes) is 9. The minimum absolute atomic E-state index is 0. The van der Waals surface area contributed by atoms with Crippen molar-refractivity contribution < 1.29 is 19.4 Å². The largest absolute Gasteiger partial charge is 0.481 e. The second-order valence-electron chi connectivity index (χ2n) is 5.55. The molecule has 0 aliphatic heterocycles. The summed E-state index contributed by atoms with van der Waals surface area (Å²) in [4.78, 5) is 21.7. The van der Waals surface area contributed by atoms with Crippen molar-refractivity contribution in [1.29, 1.82) is 0 Å². The fourth-order valence-corrected chi connectivity index (χ4v) is 2.14. The smallest absolute Gasteiger partial charge is 0.323 e. The normalized spacial score (nSPS) is 11.5. The van der Waals surface area contributed by atoms with Crippen LogP contribution in [0, 0.1) is 0 Å². The molecule has 0 amide bonds. The molecule has 5 nitrogen and oxygen atoms in total. The monoisotopic (exact) mass is 337 g/mol. The topological polar surface area (TPSA) is 89.6 Å². The minimum atomic E-state index is -1.08. The highest BCUT2D eigenvalue weighted by Crippen LogP contribution is 2.10. The number of carboxylic acids is 1. The predicted molar refractivity (Wildman–Crippen MR) is 90.3 cm³/mol. The lowest BCUT2D eigenvalue weighted by molar-refractivity contribution is -0.149. The fourth-order valence-electron chi connectivity index (χ4n) is 2.14. The van der Waals surface area contributed by atoms with Gasteiger partial charge in [0.1, 0.15) is 6.04 Å². The Hall–Kier alpha value is -0.810. The van der Waals surface area contributed by atoms with E-state index in [1.54, 1.807) is 0 Å². The Morgan fingerprint density at radius 2 is 1.41 bits per heavy atom. The summed E-state index contributed by atoms with van der Waals surface area (Å²) in [5, 5.41) is 8.51. The number of carboxylic acid groups (broad SMARTS) is 1. The average Bonchev–Trinajstić information content (AvgIpc) is 2.43. The lowest BCUT2D eigenvalue weighted by atomic mass is 10.1. The van der Waals surface area contributed by atoms with Gasteiger partial charge in [-0.1, -0.05) is 64.7 Å². The highest BCUT2D eigenvalue weighted by Gasteiger charge is 2.17. The summed E-state index contributed by atoms with van der Waals surface area (Å²) in [6.07, 6.45) is 11.8. The molecule has 0 spiro atoms. The molecule has 0 radical (unpaired) electrons. The molecular weight excluding hydrogens is 306 g/mol. The van der Waals surface area contributed by atoms with Gasteiger partial charge < -0.3 is 15.6 Å². The van der Waals surface area contributed by atoms with Gasteiger partial charge in [-0.25, -0.2) is 0 Å². The molecule has 3 N–H and O–H groups in total. The number of carbonyl (C=O) groups excluding carboxylic acids is 1. The molecule has 0 aliphatic carbocycles. The van der Waals surface area contributed by atoms with Crippen molar-refractivity contribution in [1.82, 2.24) is 0 Å². The summed E-state index contributed by atoms with van der Waals surface area (Å²) in [6.45, 7) is 2.56. The van der Waals surface area contributed by atoms with Gasteiger partial charge in [0.15, 0.2) is 0 Å². The lowest BCUT2D eigenvalue weighted by Crippen LogP contribution is -2.34. The van der Waals surface area contributed by atoms with Gasteiger partial charge in [0.05, 0.1) is 13.0 Å². The highest BCUT2D eigenvalue weighted by atomic mass is 35.5. The molecule has 0 bridgehead atoms. The van der Waals surface area contributed by atoms with Crippen LogP contribution < -0.4 is 5.73 Å². The zero-order chi connectivity index (χ0) is 15.9. The standard InChI is InChI=1S/C16H31NO4.ClH/c1-2-3-4-5-6-7-8-9-10-11-12-21-16(20)14(17)13-15(18)19;/h14H,2-13,17H2,1H3,(H,18,19);1H/t14-;/m0./s1. The third kappa shape index (κ3) is 15.6. The second-order valence-corrected chi connectivity index (χ2v) is 5.55. The summed E-state index contributed by atoms with van der Waals surface area (Å²) in [7, 11) is 0. The third-order valence-corrected chi connectivity index (χ3v) is 3.44. The van der Waals surface area contributed by atoms with E-state index in [0.717, 1.165) is 19.3 Å². The highest BCUT2D eigenvalue weighted by molar-refractivity contribution is 5.85. The molecule has 0 heterocycles. The Morgan fingerprint density at radius 1 is 0.955 bits per heavy atom. The van der Waals surface area contributed by atoms with Crippen molar-refractivity contribution >= 4 is 24.3 Å². The molecule has 0 fully saturated rings. The number of hydrogen-bond acceptors (Lipinski definition) is 4. The Morgan fingerprint density at radius 3 is 1.86 bits per heavy atom. The fraction of sp³-hybridized carbons (Fsp3) is 0.875. The minimum Gasteiger partial charge on any atom is -0.481 e. The molecule has 6 heteroatoms. The Balaban J connectivity index is 0. The number of carbonyl (C=O) groups is 2. The van der Waals surface area contributed by atoms with Gasteiger partial charge in [-0.15, -0.1) is 12.4 Å². The maximum Gasteiger partial charge on any atom is 0.323 e. The number of ether oxygens (including phenoxy) is 1. The van der Waals surface area contributed by atoms with Crippen LogP contribution in [0.2, 0.25) is 0 Å². The lowest BCUT2D eigenvalue weighted by Gasteiger charge is -2.09. The van der Waals surface area contributed by atoms with Crippen LogP contribution in [-0.2, 0) is 14.3 Å². The molecule has 0 saturated carbocycles. The molecule has 0 aromatic rings. The van der Waals surface area contributed by atoms with Crippen LogP contribution in [0.4, 0.5) is 0 Å². The van der Waals surface area contributed by atoms with E-state index in [1.807, 2.05) is 0 Å². The zero-order valence-electron chi connectivity index (χ0n) is 13.7. The van der Waals surface area contributed by atoms with Crippen LogP contribution in [-0.4, -0.2) is 29.7 Å². The first-order valence-electron chi connectivity index (χ1n) is 8.22. The number of esters is 1. The molecule has 0 aliphatic rings. The molecule has 0 unspecified atom stereocenters. The van der Waals surface area contributed by atoms with Crippen LogP contribution >= 0.6 is 12.4 Å². The van der Waals surface area contributed by atoms with E-state index < -0.39 is 18.0 Å². The van der Waals surface area contributed by atoms with Crippen LogP contribution in [0.25, 0.3) is 0 Å². The van der Waals surface area contributed by atoms with Gasteiger partial charge in [-0.2, -0.15) is 0 Å². The number of hydrogen-bond donors (Lipinski definition) is 2. The third-order valence-electron chi connectivity index (χ3n) is 3.44. The van der Waals surface area contributed by atoms with Crippen molar-refractivity contribution in [2.45, 2.75) is 83.6 Å². The number of halogens is 1. The quantitative estimate of drug-likeness (QED) is 0.373. The molecule has 1 atom stereocenters. The van der Waals surface area contributed by atoms with Crippen molar-refractivity contribution in [2.75, 3.05) is 6.61 Å². The first kappa shape index (κ1) is 23.5. The van der Waals surface area contributed by atoms with E-state index in [-0.39, 0.29) is 18.8 Å². The summed E-state index contributed by atoms with van der Waals surface area (Å²) < 4.78 is 4.95. The molecule has 0 aromatic heterocycles. The summed E-state index contributed by atoms with van der Waals surface area (Å²) in [6, 6.07) is -1.05. The zero-order valence-corrected chi connectivity index (χ0v) is 14.5. The molecule has 132 valence electrons. The van der Waals surface area contributed by atoms with E-state index in [9.17, 15) is 9.59 Å². The predicted octanol–water partition coefficient (Wildman–Crippen LogP) is 3.67. The van der Waals surface area contributed by atoms with Crippen LogP contribution in [0.5, 0.6) is 0 Å². The molecule has 0 saturated heterocycles.